The van der Waals surface area contributed by atoms with Gasteiger partial charge in [0.15, 0.2) is 5.78 Å². The van der Waals surface area contributed by atoms with Crippen molar-refractivity contribution in [1.29, 1.82) is 0 Å². The molecule has 12 heteroatoms. The number of nitrogens with zero attached hydrogens (tertiary/aromatic N) is 3. The van der Waals surface area contributed by atoms with Gasteiger partial charge in [-0.1, -0.05) is 18.2 Å². The third-order valence-electron chi connectivity index (χ3n) is 8.79. The first-order valence-corrected chi connectivity index (χ1v) is 15.4. The molecule has 6 rings (SSSR count). The van der Waals surface area contributed by atoms with Gasteiger partial charge in [-0.15, -0.1) is 11.3 Å². The van der Waals surface area contributed by atoms with Gasteiger partial charge in [-0.3, -0.25) is 14.5 Å². The Bertz CT molecular complexity index is 1490. The minimum Gasteiger partial charge on any atom is -0.496 e. The number of Topliss-reactive ketones (excluding diaryl/α,β-unsaturated/α-hetero) is 1. The number of urea groups is 1. The Labute approximate surface area is 254 Å². The van der Waals surface area contributed by atoms with Crippen LogP contribution in [0.25, 0.3) is 10.8 Å². The fraction of sp³-hybridized carbons (Fsp3) is 0.484. The average Bonchev–Trinajstić information content (AvgIpc) is 3.70. The molecule has 3 aliphatic rings. The molecule has 3 aliphatic heterocycles. The normalized spacial score (nSPS) is 19.4. The van der Waals surface area contributed by atoms with E-state index in [0.717, 1.165) is 24.0 Å². The fourth-order valence-electron chi connectivity index (χ4n) is 6.40. The molecule has 43 heavy (non-hydrogen) atoms. The Kier molecular flexibility index (Phi) is 8.25. The highest BCUT2D eigenvalue weighted by molar-refractivity contribution is 7.20. The predicted octanol–water partition coefficient (Wildman–Crippen LogP) is 4.61. The lowest BCUT2D eigenvalue weighted by atomic mass is 9.69. The topological polar surface area (TPSA) is 123 Å². The summed E-state index contributed by atoms with van der Waals surface area (Å²) in [6.07, 6.45) is 4.43. The first-order chi connectivity index (χ1) is 20.9. The number of hydrogen-bond donors (Lipinski definition) is 1. The minimum atomic E-state index is -1.29. The van der Waals surface area contributed by atoms with Crippen LogP contribution in [-0.4, -0.2) is 80.7 Å². The molecule has 228 valence electrons. The van der Waals surface area contributed by atoms with E-state index in [-0.39, 0.29) is 43.2 Å². The maximum Gasteiger partial charge on any atom is 0.317 e. The van der Waals surface area contributed by atoms with Crippen molar-refractivity contribution in [3.63, 3.8) is 0 Å². The van der Waals surface area contributed by atoms with Crippen LogP contribution in [0, 0.1) is 12.3 Å². The quantitative estimate of drug-likeness (QED) is 0.386. The maximum absolute atomic E-state index is 14.7. The number of thiophene rings is 1. The van der Waals surface area contributed by atoms with E-state index in [4.69, 9.17) is 18.6 Å². The van der Waals surface area contributed by atoms with E-state index in [1.807, 2.05) is 31.2 Å². The number of ketones is 1. The first kappa shape index (κ1) is 29.3. The molecular weight excluding hydrogens is 572 g/mol. The number of nitrogens with one attached hydrogen (secondary N) is 1. The van der Waals surface area contributed by atoms with E-state index in [1.54, 1.807) is 30.2 Å². The van der Waals surface area contributed by atoms with Gasteiger partial charge in [0.05, 0.1) is 36.4 Å². The molecule has 5 heterocycles. The van der Waals surface area contributed by atoms with Crippen molar-refractivity contribution in [3.05, 3.63) is 53.4 Å². The van der Waals surface area contributed by atoms with Gasteiger partial charge in [-0.25, -0.2) is 9.78 Å². The standard InChI is InChI=1S/C31H36N4O7S/c1-19-24-26(36)31(10-13-34(14-11-31)30(38)32-2)29(37)35(28(24)43-25(19)27-33-12-17-41-27)18-23(42-20-8-15-40-16-9-20)21-6-4-5-7-22(21)39-3/h4-7,12,17,20,23H,8-11,13-16,18H2,1-3H3,(H,32,38)/t23-/m0/s1. The number of rotatable bonds is 7. The van der Waals surface area contributed by atoms with Crippen LogP contribution in [-0.2, 0) is 14.3 Å². The number of benzene rings is 1. The minimum absolute atomic E-state index is 0.0534. The van der Waals surface area contributed by atoms with Crippen molar-refractivity contribution < 1.29 is 33.0 Å². The lowest BCUT2D eigenvalue weighted by Crippen LogP contribution is -2.59. The molecule has 3 aromatic rings. The SMILES string of the molecule is CNC(=O)N1CCC2(CC1)C(=O)c1c(sc(-c3ncco3)c1C)N(C[C@H](OC1CCOCC1)c1ccccc1OC)C2=O. The number of para-hydroxylation sites is 1. The lowest BCUT2D eigenvalue weighted by molar-refractivity contribution is -0.129. The van der Waals surface area contributed by atoms with E-state index < -0.39 is 11.5 Å². The summed E-state index contributed by atoms with van der Waals surface area (Å²) in [4.78, 5) is 49.9. The molecule has 1 N–H and O–H groups in total. The number of carbonyl (C=O) groups excluding carboxylic acids is 3. The number of carbonyl (C=O) groups is 3. The number of anilines is 1. The van der Waals surface area contributed by atoms with Crippen molar-refractivity contribution in [3.8, 4) is 16.5 Å². The number of oxazole rings is 1. The van der Waals surface area contributed by atoms with Gasteiger partial charge in [0.2, 0.25) is 11.8 Å². The summed E-state index contributed by atoms with van der Waals surface area (Å²) < 4.78 is 23.6. The number of ether oxygens (including phenoxy) is 3. The first-order valence-electron chi connectivity index (χ1n) is 14.6. The molecule has 3 amide bonds. The van der Waals surface area contributed by atoms with Gasteiger partial charge >= 0.3 is 6.03 Å². The van der Waals surface area contributed by atoms with E-state index >= 15 is 0 Å². The molecule has 0 unspecified atom stereocenters. The van der Waals surface area contributed by atoms with E-state index in [2.05, 4.69) is 10.3 Å². The zero-order valence-corrected chi connectivity index (χ0v) is 25.4. The monoisotopic (exact) mass is 608 g/mol. The Morgan fingerprint density at radius 1 is 1.21 bits per heavy atom. The van der Waals surface area contributed by atoms with Gasteiger partial charge < -0.3 is 28.8 Å². The average molecular weight is 609 g/mol. The van der Waals surface area contributed by atoms with Crippen LogP contribution >= 0.6 is 11.3 Å². The van der Waals surface area contributed by atoms with Crippen LogP contribution in [0.3, 0.4) is 0 Å². The molecule has 2 saturated heterocycles. The highest BCUT2D eigenvalue weighted by atomic mass is 32.1. The van der Waals surface area contributed by atoms with Gasteiger partial charge in [0.25, 0.3) is 0 Å². The van der Waals surface area contributed by atoms with Gasteiger partial charge in [0.1, 0.15) is 28.5 Å². The summed E-state index contributed by atoms with van der Waals surface area (Å²) in [7, 11) is 3.20. The zero-order valence-electron chi connectivity index (χ0n) is 24.6. The molecule has 0 radical (unpaired) electrons. The predicted molar refractivity (Wildman–Crippen MR) is 160 cm³/mol. The van der Waals surface area contributed by atoms with Crippen molar-refractivity contribution in [2.45, 2.75) is 44.8 Å². The largest absolute Gasteiger partial charge is 0.496 e. The van der Waals surface area contributed by atoms with Crippen molar-refractivity contribution in [2.24, 2.45) is 5.41 Å². The van der Waals surface area contributed by atoms with Crippen molar-refractivity contribution in [1.82, 2.24) is 15.2 Å². The molecule has 0 saturated carbocycles. The molecule has 2 fully saturated rings. The van der Waals surface area contributed by atoms with Crippen LogP contribution in [0.4, 0.5) is 9.80 Å². The number of fused-ring (bicyclic) bond motifs is 1. The van der Waals surface area contributed by atoms with Crippen LogP contribution in [0.15, 0.2) is 41.1 Å². The fourth-order valence-corrected chi connectivity index (χ4v) is 7.65. The van der Waals surface area contributed by atoms with Crippen molar-refractivity contribution in [2.75, 3.05) is 51.9 Å². The Hall–Kier alpha value is -3.74. The number of aromatic nitrogens is 1. The number of likely N-dealkylation sites (tertiary alicyclic amines) is 1. The van der Waals surface area contributed by atoms with Crippen LogP contribution in [0.5, 0.6) is 5.75 Å². The van der Waals surface area contributed by atoms with Gasteiger partial charge in [0, 0.05) is 38.9 Å². The molecular formula is C31H36N4O7S. The summed E-state index contributed by atoms with van der Waals surface area (Å²) in [5, 5.41) is 3.21. The van der Waals surface area contributed by atoms with Crippen LogP contribution < -0.4 is 15.0 Å². The smallest absolute Gasteiger partial charge is 0.317 e. The highest BCUT2D eigenvalue weighted by Crippen LogP contribution is 2.52. The summed E-state index contributed by atoms with van der Waals surface area (Å²) in [5.41, 5.74) is 0.780. The van der Waals surface area contributed by atoms with Gasteiger partial charge in [-0.2, -0.15) is 0 Å². The van der Waals surface area contributed by atoms with E-state index in [9.17, 15) is 14.4 Å². The zero-order chi connectivity index (χ0) is 30.1. The molecule has 2 aromatic heterocycles. The van der Waals surface area contributed by atoms with Crippen LogP contribution in [0.2, 0.25) is 0 Å². The highest BCUT2D eigenvalue weighted by Gasteiger charge is 2.56. The number of amides is 3. The summed E-state index contributed by atoms with van der Waals surface area (Å²) >= 11 is 1.33. The van der Waals surface area contributed by atoms with Crippen LogP contribution in [0.1, 0.15) is 53.3 Å². The third kappa shape index (κ3) is 5.21. The third-order valence-corrected chi connectivity index (χ3v) is 10.1. The molecule has 1 spiro atoms. The number of methoxy groups -OCH3 is 1. The molecule has 0 bridgehead atoms. The molecule has 1 atom stereocenters. The maximum atomic E-state index is 14.7. The lowest BCUT2D eigenvalue weighted by Gasteiger charge is -2.45. The molecule has 11 nitrogen and oxygen atoms in total. The second-order valence-corrected chi connectivity index (χ2v) is 12.1. The molecule has 0 aliphatic carbocycles. The van der Waals surface area contributed by atoms with Crippen molar-refractivity contribution >= 4 is 34.1 Å². The Morgan fingerprint density at radius 2 is 1.95 bits per heavy atom. The number of piperidine rings is 1. The second-order valence-electron chi connectivity index (χ2n) is 11.1. The van der Waals surface area contributed by atoms with Gasteiger partial charge in [-0.05, 0) is 44.2 Å². The molecule has 1 aromatic carbocycles. The Morgan fingerprint density at radius 3 is 2.63 bits per heavy atom. The summed E-state index contributed by atoms with van der Waals surface area (Å²) in [6.45, 7) is 3.88. The van der Waals surface area contributed by atoms with E-state index in [1.165, 1.54) is 17.6 Å². The Balaban J connectivity index is 1.44. The van der Waals surface area contributed by atoms with E-state index in [0.29, 0.717) is 53.4 Å². The second kappa shape index (κ2) is 12.1. The summed E-state index contributed by atoms with van der Waals surface area (Å²) in [5.74, 6) is 0.598. The number of hydrogen-bond acceptors (Lipinski definition) is 9. The summed E-state index contributed by atoms with van der Waals surface area (Å²) in [6, 6.07) is 7.45.